The van der Waals surface area contributed by atoms with Gasteiger partial charge in [-0.25, -0.2) is 17.5 Å². The zero-order valence-electron chi connectivity index (χ0n) is 13.4. The Hall–Kier alpha value is -1.78. The number of halogens is 3. The van der Waals surface area contributed by atoms with Crippen LogP contribution in [0.25, 0.3) is 11.3 Å². The van der Waals surface area contributed by atoms with Gasteiger partial charge in [0.15, 0.2) is 5.76 Å². The molecule has 0 spiro atoms. The van der Waals surface area contributed by atoms with Gasteiger partial charge < -0.3 is 14.3 Å². The molecule has 7 nitrogen and oxygen atoms in total. The number of furan rings is 1. The summed E-state index contributed by atoms with van der Waals surface area (Å²) in [4.78, 5) is 11.3. The minimum absolute atomic E-state index is 0.160. The summed E-state index contributed by atoms with van der Waals surface area (Å²) in [6.45, 7) is 1.07. The van der Waals surface area contributed by atoms with E-state index in [1.54, 1.807) is 0 Å². The van der Waals surface area contributed by atoms with E-state index in [4.69, 9.17) is 20.8 Å². The van der Waals surface area contributed by atoms with E-state index < -0.39 is 39.2 Å². The van der Waals surface area contributed by atoms with Crippen LogP contribution in [0.5, 0.6) is 11.5 Å². The highest BCUT2D eigenvalue weighted by Crippen LogP contribution is 2.47. The van der Waals surface area contributed by atoms with Crippen molar-refractivity contribution in [3.8, 4) is 22.8 Å². The molecule has 0 radical (unpaired) electrons. The summed E-state index contributed by atoms with van der Waals surface area (Å²) in [6.07, 6.45) is 0.325. The lowest BCUT2D eigenvalue weighted by molar-refractivity contribution is -0.131. The predicted octanol–water partition coefficient (Wildman–Crippen LogP) is 3.90. The molecular formula is C15H14BrClFNO6S. The van der Waals surface area contributed by atoms with Gasteiger partial charge >= 0.3 is 5.97 Å². The Kier molecular flexibility index (Phi) is 6.53. The van der Waals surface area contributed by atoms with Gasteiger partial charge in [-0.3, -0.25) is 4.79 Å². The molecule has 1 aromatic carbocycles. The van der Waals surface area contributed by atoms with E-state index in [1.807, 2.05) is 0 Å². The van der Waals surface area contributed by atoms with Gasteiger partial charge in [-0.2, -0.15) is 0 Å². The Balaban J connectivity index is 2.50. The number of carbonyl (C=O) groups excluding carboxylic acids is 1. The highest BCUT2D eigenvalue weighted by Gasteiger charge is 2.27. The number of alkyl halides is 1. The standard InChI is InChI=1S/C15H14BrClFNO6S/c1-8(20)24-14-12(21)13(9-3-4-11(18)10(17)7-9)25-15(14)19-26(22,23)6-2-5-16/h3-4,7,19,21H,2,5-6H2,1H3. The molecule has 26 heavy (non-hydrogen) atoms. The van der Waals surface area contributed by atoms with Crippen LogP contribution >= 0.6 is 27.5 Å². The van der Waals surface area contributed by atoms with Crippen LogP contribution in [0.1, 0.15) is 13.3 Å². The number of carbonyl (C=O) groups is 1. The number of ether oxygens (including phenoxy) is 1. The molecule has 0 unspecified atom stereocenters. The van der Waals surface area contributed by atoms with Crippen LogP contribution in [0.3, 0.4) is 0 Å². The second-order valence-corrected chi connectivity index (χ2v) is 8.17. The van der Waals surface area contributed by atoms with Crippen molar-refractivity contribution in [3.63, 3.8) is 0 Å². The van der Waals surface area contributed by atoms with E-state index in [0.29, 0.717) is 11.8 Å². The maximum absolute atomic E-state index is 13.3. The first-order chi connectivity index (χ1) is 12.1. The smallest absolute Gasteiger partial charge is 0.308 e. The minimum Gasteiger partial charge on any atom is -0.502 e. The number of benzene rings is 1. The van der Waals surface area contributed by atoms with Crippen LogP contribution in [0.4, 0.5) is 10.3 Å². The molecule has 0 aliphatic rings. The number of sulfonamides is 1. The van der Waals surface area contributed by atoms with E-state index >= 15 is 0 Å². The Morgan fingerprint density at radius 3 is 2.73 bits per heavy atom. The van der Waals surface area contributed by atoms with E-state index in [2.05, 4.69) is 20.7 Å². The van der Waals surface area contributed by atoms with Gasteiger partial charge in [0.05, 0.1) is 10.8 Å². The summed E-state index contributed by atoms with van der Waals surface area (Å²) < 4.78 is 49.8. The van der Waals surface area contributed by atoms with E-state index in [-0.39, 0.29) is 22.1 Å². The van der Waals surface area contributed by atoms with Crippen molar-refractivity contribution >= 4 is 49.4 Å². The van der Waals surface area contributed by atoms with Gasteiger partial charge in [0.25, 0.3) is 5.88 Å². The maximum atomic E-state index is 13.3. The molecule has 0 atom stereocenters. The quantitative estimate of drug-likeness (QED) is 0.470. The van der Waals surface area contributed by atoms with Crippen LogP contribution in [0, 0.1) is 5.82 Å². The van der Waals surface area contributed by atoms with E-state index in [1.165, 1.54) is 12.1 Å². The molecule has 1 heterocycles. The summed E-state index contributed by atoms with van der Waals surface area (Å²) in [5, 5.41) is 10.5. The summed E-state index contributed by atoms with van der Waals surface area (Å²) in [7, 11) is -3.82. The number of rotatable bonds is 7. The second kappa shape index (κ2) is 8.28. The topological polar surface area (TPSA) is 106 Å². The molecule has 0 aliphatic carbocycles. The molecule has 0 saturated heterocycles. The summed E-state index contributed by atoms with van der Waals surface area (Å²) in [5.74, 6) is -3.53. The lowest BCUT2D eigenvalue weighted by Crippen LogP contribution is -2.17. The zero-order valence-corrected chi connectivity index (χ0v) is 16.5. The van der Waals surface area contributed by atoms with Crippen LogP contribution in [0.15, 0.2) is 22.6 Å². The monoisotopic (exact) mass is 469 g/mol. The van der Waals surface area contributed by atoms with Crippen molar-refractivity contribution in [2.45, 2.75) is 13.3 Å². The normalized spacial score (nSPS) is 11.4. The predicted molar refractivity (Wildman–Crippen MR) is 97.9 cm³/mol. The zero-order chi connectivity index (χ0) is 19.5. The first-order valence-corrected chi connectivity index (χ1v) is 10.4. The molecule has 2 N–H and O–H groups in total. The first-order valence-electron chi connectivity index (χ1n) is 7.20. The van der Waals surface area contributed by atoms with Crippen LogP contribution in [-0.4, -0.2) is 30.6 Å². The van der Waals surface area contributed by atoms with Gasteiger partial charge in [-0.05, 0) is 24.6 Å². The van der Waals surface area contributed by atoms with Gasteiger partial charge in [0.2, 0.25) is 21.5 Å². The third kappa shape index (κ3) is 4.89. The van der Waals surface area contributed by atoms with Crippen molar-refractivity contribution in [2.75, 3.05) is 15.8 Å². The highest BCUT2D eigenvalue weighted by atomic mass is 79.9. The Labute approximate surface area is 162 Å². The average molecular weight is 471 g/mol. The largest absolute Gasteiger partial charge is 0.502 e. The lowest BCUT2D eigenvalue weighted by atomic mass is 10.1. The number of aromatic hydroxyl groups is 1. The highest BCUT2D eigenvalue weighted by molar-refractivity contribution is 9.09. The molecule has 0 bridgehead atoms. The molecule has 0 fully saturated rings. The van der Waals surface area contributed by atoms with Crippen molar-refractivity contribution in [1.29, 1.82) is 0 Å². The molecule has 142 valence electrons. The average Bonchev–Trinajstić information content (AvgIpc) is 2.84. The van der Waals surface area contributed by atoms with E-state index in [9.17, 15) is 22.7 Å². The van der Waals surface area contributed by atoms with Crippen molar-refractivity contribution < 1.29 is 31.9 Å². The lowest BCUT2D eigenvalue weighted by Gasteiger charge is -2.06. The molecule has 1 aromatic heterocycles. The maximum Gasteiger partial charge on any atom is 0.308 e. The fourth-order valence-electron chi connectivity index (χ4n) is 1.98. The second-order valence-electron chi connectivity index (χ2n) is 5.12. The third-order valence-electron chi connectivity index (χ3n) is 3.06. The van der Waals surface area contributed by atoms with Crippen LogP contribution in [-0.2, 0) is 14.8 Å². The van der Waals surface area contributed by atoms with Gasteiger partial charge in [0, 0.05) is 17.8 Å². The molecule has 2 rings (SSSR count). The van der Waals surface area contributed by atoms with Crippen molar-refractivity contribution in [3.05, 3.63) is 29.0 Å². The van der Waals surface area contributed by atoms with Crippen LogP contribution in [0.2, 0.25) is 5.02 Å². The van der Waals surface area contributed by atoms with E-state index in [0.717, 1.165) is 13.0 Å². The van der Waals surface area contributed by atoms with Crippen molar-refractivity contribution in [2.24, 2.45) is 0 Å². The number of anilines is 1. The Morgan fingerprint density at radius 2 is 2.15 bits per heavy atom. The number of hydrogen-bond acceptors (Lipinski definition) is 6. The van der Waals surface area contributed by atoms with Gasteiger partial charge in [-0.1, -0.05) is 27.5 Å². The molecule has 0 saturated carbocycles. The first kappa shape index (κ1) is 20.5. The third-order valence-corrected chi connectivity index (χ3v) is 5.24. The fraction of sp³-hybridized carbons (Fsp3) is 0.267. The molecule has 0 amide bonds. The number of nitrogens with one attached hydrogen (secondary N) is 1. The Morgan fingerprint density at radius 1 is 1.46 bits per heavy atom. The molecule has 11 heteroatoms. The molecule has 2 aromatic rings. The molecule has 0 aliphatic heterocycles. The number of esters is 1. The van der Waals surface area contributed by atoms with Crippen molar-refractivity contribution in [1.82, 2.24) is 0 Å². The fourth-order valence-corrected chi connectivity index (χ4v) is 3.86. The Bertz CT molecular complexity index is 930. The summed E-state index contributed by atoms with van der Waals surface area (Å²) >= 11 is 8.84. The molecular weight excluding hydrogens is 457 g/mol. The van der Waals surface area contributed by atoms with Crippen LogP contribution < -0.4 is 9.46 Å². The SMILES string of the molecule is CC(=O)Oc1c(NS(=O)(=O)CCCBr)oc(-c2ccc(F)c(Cl)c2)c1O. The van der Waals surface area contributed by atoms with Gasteiger partial charge in [0.1, 0.15) is 5.82 Å². The summed E-state index contributed by atoms with van der Waals surface area (Å²) in [5.41, 5.74) is 0.160. The number of hydrogen-bond donors (Lipinski definition) is 2. The summed E-state index contributed by atoms with van der Waals surface area (Å²) in [6, 6.07) is 3.49. The van der Waals surface area contributed by atoms with Gasteiger partial charge in [-0.15, -0.1) is 0 Å². The minimum atomic E-state index is -3.82.